The number of methoxy groups -OCH3 is 1. The highest BCUT2D eigenvalue weighted by Gasteiger charge is 2.19. The molecule has 1 aromatic rings. The number of aromatic nitrogens is 1. The van der Waals surface area contributed by atoms with Crippen molar-refractivity contribution in [3.05, 3.63) is 28.5 Å². The van der Waals surface area contributed by atoms with E-state index in [0.29, 0.717) is 35.8 Å². The summed E-state index contributed by atoms with van der Waals surface area (Å²) < 4.78 is 5.63. The zero-order chi connectivity index (χ0) is 13.5. The molecule has 4 nitrogen and oxygen atoms in total. The molecule has 5 heteroatoms. The number of hydrogen-bond donors (Lipinski definition) is 0. The molecule has 0 atom stereocenters. The largest absolute Gasteiger partial charge is 0.383 e. The second kappa shape index (κ2) is 7.48. The van der Waals surface area contributed by atoms with Crippen LogP contribution in [0, 0.1) is 5.92 Å². The molecule has 1 aromatic heterocycles. The minimum absolute atomic E-state index is 0.0132. The van der Waals surface area contributed by atoms with E-state index in [2.05, 4.69) is 34.8 Å². The van der Waals surface area contributed by atoms with Crippen molar-refractivity contribution >= 4 is 21.8 Å². The van der Waals surface area contributed by atoms with Gasteiger partial charge < -0.3 is 9.64 Å². The molecule has 0 aromatic carbocycles. The van der Waals surface area contributed by atoms with Crippen molar-refractivity contribution in [2.75, 3.05) is 26.8 Å². The number of carbonyl (C=O) groups excluding carboxylic acids is 1. The molecule has 0 saturated heterocycles. The Hall–Kier alpha value is -0.940. The molecule has 0 spiro atoms. The van der Waals surface area contributed by atoms with Gasteiger partial charge in [-0.3, -0.25) is 4.79 Å². The minimum atomic E-state index is -0.0132. The predicted octanol–water partition coefficient (Wildman–Crippen LogP) is 2.59. The van der Waals surface area contributed by atoms with Gasteiger partial charge in [-0.05, 0) is 34.0 Å². The zero-order valence-electron chi connectivity index (χ0n) is 11.0. The molecule has 0 N–H and O–H groups in total. The van der Waals surface area contributed by atoms with Crippen LogP contribution < -0.4 is 0 Å². The number of rotatable bonds is 6. The molecule has 0 aliphatic carbocycles. The lowest BCUT2D eigenvalue weighted by molar-refractivity contribution is 0.0671. The molecule has 0 aliphatic heterocycles. The van der Waals surface area contributed by atoms with E-state index in [0.717, 1.165) is 0 Å². The van der Waals surface area contributed by atoms with Crippen molar-refractivity contribution in [2.24, 2.45) is 5.92 Å². The molecule has 0 aliphatic rings. The van der Waals surface area contributed by atoms with E-state index >= 15 is 0 Å². The number of halogens is 1. The van der Waals surface area contributed by atoms with Gasteiger partial charge in [0.2, 0.25) is 0 Å². The summed E-state index contributed by atoms with van der Waals surface area (Å²) in [5, 5.41) is 0. The SMILES string of the molecule is COCCN(CC(C)C)C(=O)c1cccnc1Br. The zero-order valence-corrected chi connectivity index (χ0v) is 12.6. The lowest BCUT2D eigenvalue weighted by Gasteiger charge is -2.24. The molecule has 0 saturated carbocycles. The first kappa shape index (κ1) is 15.1. The molecular formula is C13H19BrN2O2. The van der Waals surface area contributed by atoms with Crippen LogP contribution in [0.2, 0.25) is 0 Å². The van der Waals surface area contributed by atoms with E-state index in [1.165, 1.54) is 0 Å². The number of hydrogen-bond acceptors (Lipinski definition) is 3. The standard InChI is InChI=1S/C13H19BrN2O2/c1-10(2)9-16(7-8-18-3)13(17)11-5-4-6-15-12(11)14/h4-6,10H,7-9H2,1-3H3. The first-order valence-electron chi connectivity index (χ1n) is 5.95. The maximum absolute atomic E-state index is 12.4. The van der Waals surface area contributed by atoms with Crippen molar-refractivity contribution in [1.82, 2.24) is 9.88 Å². The Morgan fingerprint density at radius 3 is 2.83 bits per heavy atom. The van der Waals surface area contributed by atoms with E-state index in [1.807, 2.05) is 0 Å². The summed E-state index contributed by atoms with van der Waals surface area (Å²) in [4.78, 5) is 18.3. The van der Waals surface area contributed by atoms with Crippen LogP contribution in [0.1, 0.15) is 24.2 Å². The molecule has 1 rings (SSSR count). The summed E-state index contributed by atoms with van der Waals surface area (Å²) in [6.45, 7) is 6.02. The maximum Gasteiger partial charge on any atom is 0.256 e. The molecule has 1 heterocycles. The summed E-state index contributed by atoms with van der Waals surface area (Å²) in [6.07, 6.45) is 1.66. The highest BCUT2D eigenvalue weighted by Crippen LogP contribution is 2.15. The second-order valence-corrected chi connectivity index (χ2v) is 5.23. The van der Waals surface area contributed by atoms with E-state index in [9.17, 15) is 4.79 Å². The molecular weight excluding hydrogens is 296 g/mol. The van der Waals surface area contributed by atoms with E-state index < -0.39 is 0 Å². The van der Waals surface area contributed by atoms with Gasteiger partial charge in [0, 0.05) is 26.4 Å². The van der Waals surface area contributed by atoms with Crippen LogP contribution in [-0.4, -0.2) is 42.6 Å². The van der Waals surface area contributed by atoms with Crippen LogP contribution in [0.4, 0.5) is 0 Å². The van der Waals surface area contributed by atoms with Crippen molar-refractivity contribution in [3.63, 3.8) is 0 Å². The van der Waals surface area contributed by atoms with Crippen LogP contribution in [-0.2, 0) is 4.74 Å². The molecule has 100 valence electrons. The van der Waals surface area contributed by atoms with Crippen molar-refractivity contribution in [1.29, 1.82) is 0 Å². The highest BCUT2D eigenvalue weighted by atomic mass is 79.9. The van der Waals surface area contributed by atoms with Gasteiger partial charge in [-0.1, -0.05) is 13.8 Å². The second-order valence-electron chi connectivity index (χ2n) is 4.48. The summed E-state index contributed by atoms with van der Waals surface area (Å²) in [7, 11) is 1.64. The first-order valence-corrected chi connectivity index (χ1v) is 6.74. The normalized spacial score (nSPS) is 10.7. The molecule has 1 amide bonds. The average molecular weight is 315 g/mol. The Morgan fingerprint density at radius 2 is 2.28 bits per heavy atom. The average Bonchev–Trinajstić information content (AvgIpc) is 2.34. The van der Waals surface area contributed by atoms with Crippen molar-refractivity contribution < 1.29 is 9.53 Å². The summed E-state index contributed by atoms with van der Waals surface area (Å²) in [5.41, 5.74) is 0.592. The summed E-state index contributed by atoms with van der Waals surface area (Å²) in [5.74, 6) is 0.405. The van der Waals surface area contributed by atoms with Crippen LogP contribution >= 0.6 is 15.9 Å². The van der Waals surface area contributed by atoms with Gasteiger partial charge in [0.25, 0.3) is 5.91 Å². The van der Waals surface area contributed by atoms with Crippen molar-refractivity contribution in [3.8, 4) is 0 Å². The van der Waals surface area contributed by atoms with Crippen LogP contribution in [0.15, 0.2) is 22.9 Å². The maximum atomic E-state index is 12.4. The predicted molar refractivity (Wildman–Crippen MR) is 74.6 cm³/mol. The van der Waals surface area contributed by atoms with Crippen LogP contribution in [0.3, 0.4) is 0 Å². The molecule has 0 radical (unpaired) electrons. The van der Waals surface area contributed by atoms with Gasteiger partial charge >= 0.3 is 0 Å². The van der Waals surface area contributed by atoms with Gasteiger partial charge in [-0.25, -0.2) is 4.98 Å². The topological polar surface area (TPSA) is 42.4 Å². The number of pyridine rings is 1. The van der Waals surface area contributed by atoms with Gasteiger partial charge in [-0.2, -0.15) is 0 Å². The van der Waals surface area contributed by atoms with Crippen molar-refractivity contribution in [2.45, 2.75) is 13.8 Å². The first-order chi connectivity index (χ1) is 8.56. The fraction of sp³-hybridized carbons (Fsp3) is 0.538. The number of nitrogens with zero attached hydrogens (tertiary/aromatic N) is 2. The Balaban J connectivity index is 2.84. The van der Waals surface area contributed by atoms with Gasteiger partial charge in [-0.15, -0.1) is 0 Å². The number of ether oxygens (including phenoxy) is 1. The van der Waals surface area contributed by atoms with Crippen LogP contribution in [0.5, 0.6) is 0 Å². The smallest absolute Gasteiger partial charge is 0.256 e. The minimum Gasteiger partial charge on any atom is -0.383 e. The van der Waals surface area contributed by atoms with Gasteiger partial charge in [0.05, 0.1) is 12.2 Å². The molecule has 0 fully saturated rings. The molecule has 0 bridgehead atoms. The highest BCUT2D eigenvalue weighted by molar-refractivity contribution is 9.10. The number of amides is 1. The Morgan fingerprint density at radius 1 is 1.56 bits per heavy atom. The fourth-order valence-electron chi connectivity index (χ4n) is 1.63. The summed E-state index contributed by atoms with van der Waals surface area (Å²) in [6, 6.07) is 3.54. The Labute approximate surface area is 116 Å². The molecule has 18 heavy (non-hydrogen) atoms. The third-order valence-corrected chi connectivity index (χ3v) is 3.06. The monoisotopic (exact) mass is 314 g/mol. The summed E-state index contributed by atoms with van der Waals surface area (Å²) >= 11 is 3.31. The Kier molecular flexibility index (Phi) is 6.29. The van der Waals surface area contributed by atoms with Gasteiger partial charge in [0.1, 0.15) is 4.60 Å². The lowest BCUT2D eigenvalue weighted by atomic mass is 10.2. The quantitative estimate of drug-likeness (QED) is 0.758. The number of carbonyl (C=O) groups is 1. The van der Waals surface area contributed by atoms with E-state index in [-0.39, 0.29) is 5.91 Å². The lowest BCUT2D eigenvalue weighted by Crippen LogP contribution is -2.37. The van der Waals surface area contributed by atoms with Crippen LogP contribution in [0.25, 0.3) is 0 Å². The van der Waals surface area contributed by atoms with E-state index in [1.54, 1.807) is 30.3 Å². The third-order valence-electron chi connectivity index (χ3n) is 2.43. The van der Waals surface area contributed by atoms with Gasteiger partial charge in [0.15, 0.2) is 0 Å². The van der Waals surface area contributed by atoms with E-state index in [4.69, 9.17) is 4.74 Å². The Bertz CT molecular complexity index is 396. The third kappa shape index (κ3) is 4.38. The fourth-order valence-corrected chi connectivity index (χ4v) is 2.05. The molecule has 0 unspecified atom stereocenters.